The summed E-state index contributed by atoms with van der Waals surface area (Å²) in [6.45, 7) is 4.08. The zero-order valence-corrected chi connectivity index (χ0v) is 14.1. The second-order valence-electron chi connectivity index (χ2n) is 5.17. The first-order valence-corrected chi connectivity index (χ1v) is 8.57. The van der Waals surface area contributed by atoms with Gasteiger partial charge in [0.05, 0.1) is 17.6 Å². The number of nitrogens with one attached hydrogen (secondary N) is 1. The van der Waals surface area contributed by atoms with Gasteiger partial charge >= 0.3 is 5.97 Å². The summed E-state index contributed by atoms with van der Waals surface area (Å²) in [4.78, 5) is 11.7. The van der Waals surface area contributed by atoms with E-state index >= 15 is 0 Å². The minimum Gasteiger partial charge on any atom is -0.465 e. The minimum absolute atomic E-state index is 0.0171. The monoisotopic (exact) mass is 333 g/mol. The molecule has 0 amide bonds. The molecule has 1 N–H and O–H groups in total. The van der Waals surface area contributed by atoms with E-state index in [9.17, 15) is 13.2 Å². The highest BCUT2D eigenvalue weighted by molar-refractivity contribution is 7.89. The molecule has 2 aromatic carbocycles. The van der Waals surface area contributed by atoms with Gasteiger partial charge in [0, 0.05) is 6.54 Å². The van der Waals surface area contributed by atoms with Crippen molar-refractivity contribution in [2.24, 2.45) is 0 Å². The van der Waals surface area contributed by atoms with Gasteiger partial charge in [0.15, 0.2) is 0 Å². The van der Waals surface area contributed by atoms with E-state index in [0.29, 0.717) is 0 Å². The SMILES string of the molecule is COC(=O)c1ccccc1S(=O)(=O)NCc1cccc(C)c1C. The van der Waals surface area contributed by atoms with Gasteiger partial charge in [-0.25, -0.2) is 17.9 Å². The lowest BCUT2D eigenvalue weighted by atomic mass is 10.0. The third-order valence-electron chi connectivity index (χ3n) is 3.75. The molecule has 0 atom stereocenters. The first kappa shape index (κ1) is 17.2. The quantitative estimate of drug-likeness (QED) is 0.854. The topological polar surface area (TPSA) is 72.5 Å². The van der Waals surface area contributed by atoms with Crippen molar-refractivity contribution in [2.45, 2.75) is 25.3 Å². The van der Waals surface area contributed by atoms with Crippen LogP contribution in [-0.4, -0.2) is 21.5 Å². The molecule has 0 saturated carbocycles. The number of carbonyl (C=O) groups excluding carboxylic acids is 1. The lowest BCUT2D eigenvalue weighted by Crippen LogP contribution is -2.25. The maximum absolute atomic E-state index is 12.5. The van der Waals surface area contributed by atoms with Crippen molar-refractivity contribution in [3.8, 4) is 0 Å². The lowest BCUT2D eigenvalue weighted by molar-refractivity contribution is 0.0596. The molecular weight excluding hydrogens is 314 g/mol. The average Bonchev–Trinajstić information content (AvgIpc) is 2.55. The predicted molar refractivity (Wildman–Crippen MR) is 87.7 cm³/mol. The van der Waals surface area contributed by atoms with Crippen LogP contribution in [-0.2, 0) is 21.3 Å². The molecule has 122 valence electrons. The van der Waals surface area contributed by atoms with E-state index in [1.165, 1.54) is 19.2 Å². The first-order chi connectivity index (χ1) is 10.9. The van der Waals surface area contributed by atoms with Crippen LogP contribution in [0.5, 0.6) is 0 Å². The fourth-order valence-electron chi connectivity index (χ4n) is 2.23. The van der Waals surface area contributed by atoms with Crippen LogP contribution in [0.25, 0.3) is 0 Å². The molecule has 0 aromatic heterocycles. The lowest BCUT2D eigenvalue weighted by Gasteiger charge is -2.12. The van der Waals surface area contributed by atoms with Crippen LogP contribution in [0, 0.1) is 13.8 Å². The maximum atomic E-state index is 12.5. The van der Waals surface area contributed by atoms with Crippen LogP contribution in [0.3, 0.4) is 0 Å². The zero-order chi connectivity index (χ0) is 17.0. The zero-order valence-electron chi connectivity index (χ0n) is 13.3. The molecule has 5 nitrogen and oxygen atoms in total. The Balaban J connectivity index is 2.30. The van der Waals surface area contributed by atoms with Crippen LogP contribution in [0.15, 0.2) is 47.4 Å². The van der Waals surface area contributed by atoms with Crippen LogP contribution in [0.1, 0.15) is 27.0 Å². The van der Waals surface area contributed by atoms with E-state index in [-0.39, 0.29) is 17.0 Å². The Bertz CT molecular complexity index is 828. The smallest absolute Gasteiger partial charge is 0.339 e. The molecular formula is C17H19NO4S. The molecule has 0 aliphatic rings. The van der Waals surface area contributed by atoms with Crippen LogP contribution < -0.4 is 4.72 Å². The third kappa shape index (κ3) is 3.78. The van der Waals surface area contributed by atoms with Crippen molar-refractivity contribution in [1.82, 2.24) is 4.72 Å². The molecule has 0 aliphatic heterocycles. The number of aryl methyl sites for hydroxylation is 1. The molecule has 0 spiro atoms. The number of hydrogen-bond donors (Lipinski definition) is 1. The van der Waals surface area contributed by atoms with Crippen LogP contribution in [0.4, 0.5) is 0 Å². The molecule has 6 heteroatoms. The normalized spacial score (nSPS) is 11.3. The van der Waals surface area contributed by atoms with Crippen molar-refractivity contribution in [2.75, 3.05) is 7.11 Å². The Morgan fingerprint density at radius 3 is 2.48 bits per heavy atom. The Labute approximate surface area is 136 Å². The van der Waals surface area contributed by atoms with Crippen molar-refractivity contribution in [3.05, 3.63) is 64.7 Å². The van der Waals surface area contributed by atoms with Gasteiger partial charge in [0.2, 0.25) is 10.0 Å². The van der Waals surface area contributed by atoms with E-state index in [1.807, 2.05) is 32.0 Å². The molecule has 0 saturated heterocycles. The maximum Gasteiger partial charge on any atom is 0.339 e. The molecule has 2 aromatic rings. The van der Waals surface area contributed by atoms with E-state index in [1.54, 1.807) is 12.1 Å². The molecule has 0 radical (unpaired) electrons. The Morgan fingerprint density at radius 1 is 1.09 bits per heavy atom. The van der Waals surface area contributed by atoms with Gasteiger partial charge in [-0.1, -0.05) is 30.3 Å². The first-order valence-electron chi connectivity index (χ1n) is 7.09. The number of ether oxygens (including phenoxy) is 1. The summed E-state index contributed by atoms with van der Waals surface area (Å²) >= 11 is 0. The fraction of sp³-hybridized carbons (Fsp3) is 0.235. The van der Waals surface area contributed by atoms with Crippen molar-refractivity contribution in [1.29, 1.82) is 0 Å². The van der Waals surface area contributed by atoms with E-state index < -0.39 is 16.0 Å². The summed E-state index contributed by atoms with van der Waals surface area (Å²) in [6, 6.07) is 11.7. The summed E-state index contributed by atoms with van der Waals surface area (Å²) in [7, 11) is -2.61. The molecule has 0 heterocycles. The number of benzene rings is 2. The van der Waals surface area contributed by atoms with Crippen LogP contribution >= 0.6 is 0 Å². The standard InChI is InChI=1S/C17H19NO4S/c1-12-7-6-8-14(13(12)2)11-18-23(20,21)16-10-5-4-9-15(16)17(19)22-3/h4-10,18H,11H2,1-3H3. The predicted octanol–water partition coefficient (Wildman–Crippen LogP) is 2.57. The van der Waals surface area contributed by atoms with Crippen molar-refractivity contribution >= 4 is 16.0 Å². The number of methoxy groups -OCH3 is 1. The number of sulfonamides is 1. The van der Waals surface area contributed by atoms with Crippen molar-refractivity contribution < 1.29 is 17.9 Å². The minimum atomic E-state index is -3.82. The summed E-state index contributed by atoms with van der Waals surface area (Å²) in [5.41, 5.74) is 3.04. The molecule has 2 rings (SSSR count). The van der Waals surface area contributed by atoms with Gasteiger partial charge in [-0.15, -0.1) is 0 Å². The highest BCUT2D eigenvalue weighted by atomic mass is 32.2. The van der Waals surface area contributed by atoms with E-state index in [4.69, 9.17) is 0 Å². The summed E-state index contributed by atoms with van der Waals surface area (Å²) < 4.78 is 32.2. The largest absolute Gasteiger partial charge is 0.465 e. The summed E-state index contributed by atoms with van der Waals surface area (Å²) in [5, 5.41) is 0. The Hall–Kier alpha value is -2.18. The number of esters is 1. The number of rotatable bonds is 5. The van der Waals surface area contributed by atoms with Crippen molar-refractivity contribution in [3.63, 3.8) is 0 Å². The number of carbonyl (C=O) groups is 1. The Kier molecular flexibility index (Phi) is 5.18. The summed E-state index contributed by atoms with van der Waals surface area (Å²) in [5.74, 6) is -0.683. The fourth-order valence-corrected chi connectivity index (χ4v) is 3.43. The molecule has 0 unspecified atom stereocenters. The molecule has 0 fully saturated rings. The molecule has 0 aliphatic carbocycles. The summed E-state index contributed by atoms with van der Waals surface area (Å²) in [6.07, 6.45) is 0. The third-order valence-corrected chi connectivity index (χ3v) is 5.21. The van der Waals surface area contributed by atoms with Gasteiger partial charge in [-0.05, 0) is 42.7 Å². The average molecular weight is 333 g/mol. The van der Waals surface area contributed by atoms with Gasteiger partial charge in [0.1, 0.15) is 0 Å². The highest BCUT2D eigenvalue weighted by Gasteiger charge is 2.22. The van der Waals surface area contributed by atoms with Gasteiger partial charge in [0.25, 0.3) is 0 Å². The van der Waals surface area contributed by atoms with Gasteiger partial charge in [-0.3, -0.25) is 0 Å². The van der Waals surface area contributed by atoms with Gasteiger partial charge < -0.3 is 4.74 Å². The molecule has 0 bridgehead atoms. The molecule has 23 heavy (non-hydrogen) atoms. The number of hydrogen-bond acceptors (Lipinski definition) is 4. The van der Waals surface area contributed by atoms with Gasteiger partial charge in [-0.2, -0.15) is 0 Å². The van der Waals surface area contributed by atoms with E-state index in [2.05, 4.69) is 9.46 Å². The highest BCUT2D eigenvalue weighted by Crippen LogP contribution is 2.18. The second kappa shape index (κ2) is 6.93. The Morgan fingerprint density at radius 2 is 1.78 bits per heavy atom. The van der Waals surface area contributed by atoms with E-state index in [0.717, 1.165) is 16.7 Å². The second-order valence-corrected chi connectivity index (χ2v) is 6.91. The van der Waals surface area contributed by atoms with Crippen LogP contribution in [0.2, 0.25) is 0 Å².